The molecule has 1 aliphatic carbocycles. The second-order valence-electron chi connectivity index (χ2n) is 11.0. The summed E-state index contributed by atoms with van der Waals surface area (Å²) in [5.74, 6) is -0.844. The van der Waals surface area contributed by atoms with Gasteiger partial charge in [-0.1, -0.05) is 20.3 Å². The Labute approximate surface area is 236 Å². The predicted molar refractivity (Wildman–Crippen MR) is 144 cm³/mol. The SMILES string of the molecule is CC1(C)CCCC(NC(=O)c2nc(Nc3ccc(C(F)(F)F)cc3)c3ccc(-c4ncccc4C(F)(F)F)nc3n2)C1. The topological polar surface area (TPSA) is 92.7 Å². The number of carbonyl (C=O) groups is 1. The number of fused-ring (bicyclic) bond motifs is 1. The molecule has 0 radical (unpaired) electrons. The first-order valence-electron chi connectivity index (χ1n) is 13.2. The molecule has 1 aromatic carbocycles. The summed E-state index contributed by atoms with van der Waals surface area (Å²) >= 11 is 0. The summed E-state index contributed by atoms with van der Waals surface area (Å²) in [6.45, 7) is 4.23. The van der Waals surface area contributed by atoms with Crippen molar-refractivity contribution in [2.75, 3.05) is 5.32 Å². The molecule has 1 atom stereocenters. The summed E-state index contributed by atoms with van der Waals surface area (Å²) in [4.78, 5) is 30.1. The van der Waals surface area contributed by atoms with Crippen molar-refractivity contribution in [1.82, 2.24) is 25.3 Å². The van der Waals surface area contributed by atoms with E-state index in [-0.39, 0.29) is 45.5 Å². The van der Waals surface area contributed by atoms with Crippen molar-refractivity contribution in [2.45, 2.75) is 57.9 Å². The van der Waals surface area contributed by atoms with Gasteiger partial charge in [0, 0.05) is 17.9 Å². The largest absolute Gasteiger partial charge is 0.418 e. The molecule has 1 fully saturated rings. The zero-order chi connectivity index (χ0) is 30.3. The lowest BCUT2D eigenvalue weighted by Crippen LogP contribution is -2.41. The fourth-order valence-corrected chi connectivity index (χ4v) is 5.13. The van der Waals surface area contributed by atoms with Crippen molar-refractivity contribution in [2.24, 2.45) is 5.41 Å². The number of aromatic nitrogens is 4. The molecule has 1 unspecified atom stereocenters. The Bertz CT molecular complexity index is 1620. The van der Waals surface area contributed by atoms with Crippen LogP contribution in [-0.4, -0.2) is 31.9 Å². The van der Waals surface area contributed by atoms with Crippen LogP contribution in [0.15, 0.2) is 54.7 Å². The molecule has 220 valence electrons. The molecule has 0 aliphatic heterocycles. The zero-order valence-corrected chi connectivity index (χ0v) is 22.6. The smallest absolute Gasteiger partial charge is 0.347 e. The Kier molecular flexibility index (Phi) is 7.54. The van der Waals surface area contributed by atoms with Crippen LogP contribution in [0.2, 0.25) is 0 Å². The third kappa shape index (κ3) is 6.44. The summed E-state index contributed by atoms with van der Waals surface area (Å²) in [6, 6.07) is 8.83. The first-order chi connectivity index (χ1) is 19.7. The number of nitrogens with one attached hydrogen (secondary N) is 2. The molecule has 3 heterocycles. The van der Waals surface area contributed by atoms with Crippen LogP contribution in [0, 0.1) is 5.41 Å². The maximum Gasteiger partial charge on any atom is 0.418 e. The average Bonchev–Trinajstić information content (AvgIpc) is 2.91. The van der Waals surface area contributed by atoms with Crippen LogP contribution in [0.25, 0.3) is 22.4 Å². The molecule has 0 spiro atoms. The van der Waals surface area contributed by atoms with Gasteiger partial charge >= 0.3 is 12.4 Å². The number of anilines is 2. The van der Waals surface area contributed by atoms with Crippen molar-refractivity contribution in [3.8, 4) is 11.4 Å². The highest BCUT2D eigenvalue weighted by molar-refractivity contribution is 5.96. The Morgan fingerprint density at radius 1 is 0.929 bits per heavy atom. The van der Waals surface area contributed by atoms with Gasteiger partial charge in [-0.2, -0.15) is 26.3 Å². The highest BCUT2D eigenvalue weighted by atomic mass is 19.4. The molecule has 13 heteroatoms. The van der Waals surface area contributed by atoms with Crippen LogP contribution < -0.4 is 10.6 Å². The Hall–Kier alpha value is -4.29. The normalized spacial score (nSPS) is 17.2. The minimum absolute atomic E-state index is 0.0328. The third-order valence-electron chi connectivity index (χ3n) is 7.13. The van der Waals surface area contributed by atoms with Gasteiger partial charge in [-0.05, 0) is 73.2 Å². The van der Waals surface area contributed by atoms with E-state index in [1.165, 1.54) is 30.5 Å². The first kappa shape index (κ1) is 29.2. The van der Waals surface area contributed by atoms with E-state index in [2.05, 4.69) is 44.4 Å². The third-order valence-corrected chi connectivity index (χ3v) is 7.13. The van der Waals surface area contributed by atoms with E-state index in [1.807, 2.05) is 0 Å². The summed E-state index contributed by atoms with van der Waals surface area (Å²) in [6.07, 6.45) is -4.56. The van der Waals surface area contributed by atoms with Crippen LogP contribution in [0.4, 0.5) is 37.8 Å². The monoisotopic (exact) mass is 588 g/mol. The van der Waals surface area contributed by atoms with Crippen molar-refractivity contribution in [3.05, 3.63) is 71.7 Å². The Morgan fingerprint density at radius 3 is 2.33 bits per heavy atom. The van der Waals surface area contributed by atoms with Crippen LogP contribution in [0.3, 0.4) is 0 Å². The molecule has 7 nitrogen and oxygen atoms in total. The Morgan fingerprint density at radius 2 is 1.67 bits per heavy atom. The van der Waals surface area contributed by atoms with E-state index in [4.69, 9.17) is 0 Å². The molecule has 0 saturated heterocycles. The number of carbonyl (C=O) groups excluding carboxylic acids is 1. The van der Waals surface area contributed by atoms with Gasteiger partial charge in [0.2, 0.25) is 5.82 Å². The van der Waals surface area contributed by atoms with Gasteiger partial charge in [0.15, 0.2) is 5.65 Å². The predicted octanol–water partition coefficient (Wildman–Crippen LogP) is 7.57. The van der Waals surface area contributed by atoms with Crippen LogP contribution in [0.1, 0.15) is 61.3 Å². The van der Waals surface area contributed by atoms with E-state index in [0.717, 1.165) is 49.9 Å². The van der Waals surface area contributed by atoms with E-state index >= 15 is 0 Å². The number of benzene rings is 1. The van der Waals surface area contributed by atoms with Crippen molar-refractivity contribution >= 4 is 28.4 Å². The number of hydrogen-bond donors (Lipinski definition) is 2. The van der Waals surface area contributed by atoms with Crippen molar-refractivity contribution < 1.29 is 31.1 Å². The van der Waals surface area contributed by atoms with Crippen molar-refractivity contribution in [1.29, 1.82) is 0 Å². The fourth-order valence-electron chi connectivity index (χ4n) is 5.13. The quantitative estimate of drug-likeness (QED) is 0.234. The fraction of sp³-hybridized carbons (Fsp3) is 0.345. The minimum Gasteiger partial charge on any atom is -0.347 e. The lowest BCUT2D eigenvalue weighted by Gasteiger charge is -2.35. The molecular formula is C29H26F6N6O. The zero-order valence-electron chi connectivity index (χ0n) is 22.6. The number of amides is 1. The number of hydrogen-bond acceptors (Lipinski definition) is 6. The summed E-state index contributed by atoms with van der Waals surface area (Å²) in [5.41, 5.74) is -2.22. The van der Waals surface area contributed by atoms with Crippen LogP contribution in [0.5, 0.6) is 0 Å². The molecular weight excluding hydrogens is 562 g/mol. The maximum atomic E-state index is 13.7. The molecule has 2 N–H and O–H groups in total. The number of nitrogens with zero attached hydrogens (tertiary/aromatic N) is 4. The highest BCUT2D eigenvalue weighted by Crippen LogP contribution is 2.37. The van der Waals surface area contributed by atoms with E-state index in [9.17, 15) is 31.1 Å². The minimum atomic E-state index is -4.69. The number of rotatable bonds is 5. The Balaban J connectivity index is 1.56. The van der Waals surface area contributed by atoms with Gasteiger partial charge in [0.1, 0.15) is 11.5 Å². The van der Waals surface area contributed by atoms with Crippen LogP contribution in [-0.2, 0) is 12.4 Å². The summed E-state index contributed by atoms with van der Waals surface area (Å²) in [7, 11) is 0. The number of alkyl halides is 6. The lowest BCUT2D eigenvalue weighted by molar-refractivity contribution is -0.138. The molecule has 1 aliphatic rings. The molecule has 42 heavy (non-hydrogen) atoms. The maximum absolute atomic E-state index is 13.7. The van der Waals surface area contributed by atoms with E-state index in [1.54, 1.807) is 0 Å². The molecule has 4 aromatic rings. The second kappa shape index (κ2) is 10.8. The average molecular weight is 589 g/mol. The van der Waals surface area contributed by atoms with Gasteiger partial charge in [0.05, 0.1) is 22.2 Å². The van der Waals surface area contributed by atoms with E-state index in [0.29, 0.717) is 0 Å². The second-order valence-corrected chi connectivity index (χ2v) is 11.0. The summed E-state index contributed by atoms with van der Waals surface area (Å²) in [5, 5.41) is 6.07. The van der Waals surface area contributed by atoms with Gasteiger partial charge in [-0.15, -0.1) is 0 Å². The van der Waals surface area contributed by atoms with Crippen molar-refractivity contribution in [3.63, 3.8) is 0 Å². The molecule has 5 rings (SSSR count). The van der Waals surface area contributed by atoms with Crippen LogP contribution >= 0.6 is 0 Å². The van der Waals surface area contributed by atoms with Gasteiger partial charge in [-0.25, -0.2) is 15.0 Å². The van der Waals surface area contributed by atoms with Gasteiger partial charge in [-0.3, -0.25) is 9.78 Å². The number of pyridine rings is 2. The standard InChI is InChI=1S/C29H26F6N6O/c1-27(2)13-3-5-18(15-27)38-26(42)25-40-23(37-17-9-7-16(8-10-17)28(30,31)32)19-11-12-21(39-24(19)41-25)22-20(29(33,34)35)6-4-14-36-22/h4,6-12,14,18H,3,5,13,15H2,1-2H3,(H,38,42)(H,37,39,40,41). The molecule has 1 amide bonds. The van der Waals surface area contributed by atoms with Gasteiger partial charge < -0.3 is 10.6 Å². The summed E-state index contributed by atoms with van der Waals surface area (Å²) < 4.78 is 80.2. The van der Waals surface area contributed by atoms with E-state index < -0.39 is 35.1 Å². The lowest BCUT2D eigenvalue weighted by atomic mass is 9.75. The molecule has 3 aromatic heterocycles. The van der Waals surface area contributed by atoms with Gasteiger partial charge in [0.25, 0.3) is 5.91 Å². The number of halogens is 6. The first-order valence-corrected chi connectivity index (χ1v) is 13.2. The molecule has 0 bridgehead atoms. The highest BCUT2D eigenvalue weighted by Gasteiger charge is 2.35. The molecule has 1 saturated carbocycles.